The monoisotopic (exact) mass is 327 g/mol. The summed E-state index contributed by atoms with van der Waals surface area (Å²) in [6.07, 6.45) is 0.848. The number of rotatable bonds is 8. The van der Waals surface area contributed by atoms with Crippen molar-refractivity contribution in [2.24, 2.45) is 0 Å². The topological polar surface area (TPSA) is 21.3 Å². The van der Waals surface area contributed by atoms with Crippen LogP contribution in [0.2, 0.25) is 4.34 Å². The van der Waals surface area contributed by atoms with Crippen molar-refractivity contribution in [3.8, 4) is 0 Å². The van der Waals surface area contributed by atoms with Gasteiger partial charge in [-0.15, -0.1) is 11.3 Å². The summed E-state index contributed by atoms with van der Waals surface area (Å²) in [5.41, 5.74) is 1.00. The molecule has 1 atom stereocenters. The Labute approximate surface area is 133 Å². The van der Waals surface area contributed by atoms with Gasteiger partial charge in [0.05, 0.1) is 10.9 Å². The fourth-order valence-electron chi connectivity index (χ4n) is 2.22. The van der Waals surface area contributed by atoms with Gasteiger partial charge in [0.15, 0.2) is 0 Å². The Balaban J connectivity index is 2.06. The SMILES string of the molecule is COCCNCC(Cc1ccc(Cl)s1)c1cccc(F)c1. The zero-order valence-corrected chi connectivity index (χ0v) is 13.5. The van der Waals surface area contributed by atoms with E-state index in [-0.39, 0.29) is 11.7 Å². The van der Waals surface area contributed by atoms with E-state index in [1.165, 1.54) is 10.9 Å². The zero-order valence-electron chi connectivity index (χ0n) is 11.9. The van der Waals surface area contributed by atoms with Gasteiger partial charge in [-0.05, 0) is 36.2 Å². The highest BCUT2D eigenvalue weighted by molar-refractivity contribution is 7.16. The summed E-state index contributed by atoms with van der Waals surface area (Å²) in [6, 6.07) is 10.8. The van der Waals surface area contributed by atoms with Crippen LogP contribution in [0.5, 0.6) is 0 Å². The highest BCUT2D eigenvalue weighted by Crippen LogP contribution is 2.27. The van der Waals surface area contributed by atoms with Gasteiger partial charge in [0, 0.05) is 31.0 Å². The van der Waals surface area contributed by atoms with Crippen LogP contribution in [0.15, 0.2) is 36.4 Å². The van der Waals surface area contributed by atoms with Crippen LogP contribution in [-0.2, 0) is 11.2 Å². The molecule has 0 aliphatic carbocycles. The normalized spacial score (nSPS) is 12.5. The Morgan fingerprint density at radius 2 is 2.19 bits per heavy atom. The fraction of sp³-hybridized carbons (Fsp3) is 0.375. The highest BCUT2D eigenvalue weighted by Gasteiger charge is 2.14. The fourth-order valence-corrected chi connectivity index (χ4v) is 3.39. The summed E-state index contributed by atoms with van der Waals surface area (Å²) >= 11 is 7.56. The molecule has 0 radical (unpaired) electrons. The third-order valence-corrected chi connectivity index (χ3v) is 4.52. The lowest BCUT2D eigenvalue weighted by Crippen LogP contribution is -2.26. The first-order valence-corrected chi connectivity index (χ1v) is 8.08. The zero-order chi connectivity index (χ0) is 15.1. The van der Waals surface area contributed by atoms with Crippen molar-refractivity contribution in [2.45, 2.75) is 12.3 Å². The third-order valence-electron chi connectivity index (χ3n) is 3.27. The van der Waals surface area contributed by atoms with E-state index in [0.29, 0.717) is 6.61 Å². The largest absolute Gasteiger partial charge is 0.383 e. The molecule has 0 fully saturated rings. The summed E-state index contributed by atoms with van der Waals surface area (Å²) in [7, 11) is 1.68. The maximum absolute atomic E-state index is 13.5. The van der Waals surface area contributed by atoms with Gasteiger partial charge in [-0.2, -0.15) is 0 Å². The lowest BCUT2D eigenvalue weighted by molar-refractivity contribution is 0.199. The van der Waals surface area contributed by atoms with E-state index in [2.05, 4.69) is 5.32 Å². The van der Waals surface area contributed by atoms with Gasteiger partial charge in [0.1, 0.15) is 5.82 Å². The van der Waals surface area contributed by atoms with E-state index in [0.717, 1.165) is 29.4 Å². The first-order valence-electron chi connectivity index (χ1n) is 6.88. The van der Waals surface area contributed by atoms with Gasteiger partial charge >= 0.3 is 0 Å². The smallest absolute Gasteiger partial charge is 0.123 e. The molecule has 5 heteroatoms. The molecule has 1 N–H and O–H groups in total. The van der Waals surface area contributed by atoms with Crippen LogP contribution in [0.25, 0.3) is 0 Å². The van der Waals surface area contributed by atoms with E-state index in [1.807, 2.05) is 18.2 Å². The molecule has 0 aliphatic heterocycles. The van der Waals surface area contributed by atoms with Crippen LogP contribution >= 0.6 is 22.9 Å². The molecule has 1 aromatic carbocycles. The minimum atomic E-state index is -0.196. The molecular weight excluding hydrogens is 309 g/mol. The second-order valence-electron chi connectivity index (χ2n) is 4.86. The quantitative estimate of drug-likeness (QED) is 0.737. The van der Waals surface area contributed by atoms with E-state index in [1.54, 1.807) is 30.6 Å². The minimum absolute atomic E-state index is 0.196. The van der Waals surface area contributed by atoms with Crippen LogP contribution in [0.4, 0.5) is 4.39 Å². The molecule has 2 rings (SSSR count). The molecule has 1 unspecified atom stereocenters. The Morgan fingerprint density at radius 3 is 2.86 bits per heavy atom. The van der Waals surface area contributed by atoms with Gasteiger partial charge < -0.3 is 10.1 Å². The first-order chi connectivity index (χ1) is 10.2. The minimum Gasteiger partial charge on any atom is -0.383 e. The van der Waals surface area contributed by atoms with Crippen LogP contribution < -0.4 is 5.32 Å². The number of methoxy groups -OCH3 is 1. The second-order valence-corrected chi connectivity index (χ2v) is 6.66. The van der Waals surface area contributed by atoms with E-state index >= 15 is 0 Å². The summed E-state index contributed by atoms with van der Waals surface area (Å²) in [4.78, 5) is 1.21. The predicted octanol–water partition coefficient (Wildman–Crippen LogP) is 4.10. The standard InChI is InChI=1S/C16H19ClFNOS/c1-20-8-7-19-11-13(10-15-5-6-16(17)21-15)12-3-2-4-14(18)9-12/h2-6,9,13,19H,7-8,10-11H2,1H3. The Kier molecular flexibility index (Phi) is 6.64. The van der Waals surface area contributed by atoms with Gasteiger partial charge in [-0.1, -0.05) is 23.7 Å². The first kappa shape index (κ1) is 16.4. The van der Waals surface area contributed by atoms with Gasteiger partial charge in [0.25, 0.3) is 0 Å². The van der Waals surface area contributed by atoms with Crippen molar-refractivity contribution in [1.29, 1.82) is 0 Å². The van der Waals surface area contributed by atoms with Crippen LogP contribution in [0, 0.1) is 5.82 Å². The van der Waals surface area contributed by atoms with Crippen molar-refractivity contribution in [3.05, 3.63) is 57.0 Å². The molecule has 21 heavy (non-hydrogen) atoms. The van der Waals surface area contributed by atoms with E-state index in [9.17, 15) is 4.39 Å². The van der Waals surface area contributed by atoms with Crippen LogP contribution in [-0.4, -0.2) is 26.8 Å². The average Bonchev–Trinajstić information content (AvgIpc) is 2.87. The number of benzene rings is 1. The lowest BCUT2D eigenvalue weighted by atomic mass is 9.95. The van der Waals surface area contributed by atoms with Crippen LogP contribution in [0.3, 0.4) is 0 Å². The van der Waals surface area contributed by atoms with Crippen molar-refractivity contribution in [2.75, 3.05) is 26.8 Å². The number of ether oxygens (including phenoxy) is 1. The number of hydrogen-bond acceptors (Lipinski definition) is 3. The molecule has 1 aromatic heterocycles. The highest BCUT2D eigenvalue weighted by atomic mass is 35.5. The molecule has 2 nitrogen and oxygen atoms in total. The van der Waals surface area contributed by atoms with E-state index in [4.69, 9.17) is 16.3 Å². The predicted molar refractivity (Wildman–Crippen MR) is 86.9 cm³/mol. The Hall–Kier alpha value is -0.940. The lowest BCUT2D eigenvalue weighted by Gasteiger charge is -2.17. The average molecular weight is 328 g/mol. The molecule has 0 saturated carbocycles. The van der Waals surface area contributed by atoms with Crippen molar-refractivity contribution in [3.63, 3.8) is 0 Å². The van der Waals surface area contributed by atoms with Crippen molar-refractivity contribution < 1.29 is 9.13 Å². The summed E-state index contributed by atoms with van der Waals surface area (Å²) in [6.45, 7) is 2.23. The molecule has 2 aromatic rings. The number of halogens is 2. The molecular formula is C16H19ClFNOS. The summed E-state index contributed by atoms with van der Waals surface area (Å²) < 4.78 is 19.3. The maximum atomic E-state index is 13.5. The van der Waals surface area contributed by atoms with Gasteiger partial charge in [-0.25, -0.2) is 4.39 Å². The number of hydrogen-bond donors (Lipinski definition) is 1. The molecule has 0 spiro atoms. The maximum Gasteiger partial charge on any atom is 0.123 e. The summed E-state index contributed by atoms with van der Waals surface area (Å²) in [5.74, 6) is 0.0193. The molecule has 0 aliphatic rings. The second kappa shape index (κ2) is 8.49. The Bertz CT molecular complexity index is 561. The van der Waals surface area contributed by atoms with Crippen LogP contribution in [0.1, 0.15) is 16.4 Å². The molecule has 114 valence electrons. The Morgan fingerprint density at radius 1 is 1.33 bits per heavy atom. The molecule has 0 amide bonds. The van der Waals surface area contributed by atoms with E-state index < -0.39 is 0 Å². The third kappa shape index (κ3) is 5.40. The molecule has 1 heterocycles. The van der Waals surface area contributed by atoms with Gasteiger partial charge in [-0.3, -0.25) is 0 Å². The van der Waals surface area contributed by atoms with Crippen molar-refractivity contribution >= 4 is 22.9 Å². The van der Waals surface area contributed by atoms with Crippen molar-refractivity contribution in [1.82, 2.24) is 5.32 Å². The number of nitrogens with one attached hydrogen (secondary N) is 1. The summed E-state index contributed by atoms with van der Waals surface area (Å²) in [5, 5.41) is 3.36. The molecule has 0 saturated heterocycles. The number of thiophene rings is 1. The molecule has 0 bridgehead atoms. The van der Waals surface area contributed by atoms with Gasteiger partial charge in [0.2, 0.25) is 0 Å².